The standard InChI is InChI=1S/C18H24N2O4/c1-2-23-18(22)15-7-9-20(10-8-15)12-16(21)13-24-17-5-3-14(11-19)4-6-17/h3-6,15-16,21H,2,7-10,12-13H2,1H3/t16-/m0/s1. The minimum absolute atomic E-state index is 0.0201. The summed E-state index contributed by atoms with van der Waals surface area (Å²) in [7, 11) is 0. The summed E-state index contributed by atoms with van der Waals surface area (Å²) in [6.45, 7) is 4.51. The minimum Gasteiger partial charge on any atom is -0.491 e. The van der Waals surface area contributed by atoms with E-state index in [2.05, 4.69) is 4.90 Å². The number of benzene rings is 1. The minimum atomic E-state index is -0.597. The van der Waals surface area contributed by atoms with Crippen molar-refractivity contribution in [2.75, 3.05) is 32.8 Å². The third-order valence-corrected chi connectivity index (χ3v) is 4.10. The lowest BCUT2D eigenvalue weighted by Crippen LogP contribution is -2.42. The summed E-state index contributed by atoms with van der Waals surface area (Å²) in [4.78, 5) is 13.8. The van der Waals surface area contributed by atoms with Gasteiger partial charge in [-0.1, -0.05) is 0 Å². The Morgan fingerprint density at radius 1 is 1.38 bits per heavy atom. The topological polar surface area (TPSA) is 82.8 Å². The van der Waals surface area contributed by atoms with Gasteiger partial charge in [-0.3, -0.25) is 4.79 Å². The van der Waals surface area contributed by atoms with Gasteiger partial charge in [-0.15, -0.1) is 0 Å². The predicted molar refractivity (Wildman–Crippen MR) is 88.5 cm³/mol. The molecule has 6 heteroatoms. The Morgan fingerprint density at radius 2 is 2.04 bits per heavy atom. The summed E-state index contributed by atoms with van der Waals surface area (Å²) in [5, 5.41) is 18.9. The fraction of sp³-hybridized carbons (Fsp3) is 0.556. The van der Waals surface area contributed by atoms with Gasteiger partial charge >= 0.3 is 5.97 Å². The first-order valence-corrected chi connectivity index (χ1v) is 8.32. The van der Waals surface area contributed by atoms with Crippen LogP contribution in [0.1, 0.15) is 25.3 Å². The van der Waals surface area contributed by atoms with E-state index < -0.39 is 6.10 Å². The molecule has 1 fully saturated rings. The summed E-state index contributed by atoms with van der Waals surface area (Å²) < 4.78 is 10.6. The van der Waals surface area contributed by atoms with Gasteiger partial charge in [0.2, 0.25) is 0 Å². The number of carbonyl (C=O) groups is 1. The van der Waals surface area contributed by atoms with Crippen LogP contribution in [0.2, 0.25) is 0 Å². The second-order valence-corrected chi connectivity index (χ2v) is 5.93. The summed E-state index contributed by atoms with van der Waals surface area (Å²) in [5.41, 5.74) is 0.576. The first-order chi connectivity index (χ1) is 11.6. The number of β-amino-alcohol motifs (C(OH)–C–C–N with tert-alkyl or cyclic N) is 1. The van der Waals surface area contributed by atoms with Gasteiger partial charge in [-0.25, -0.2) is 0 Å². The highest BCUT2D eigenvalue weighted by Gasteiger charge is 2.26. The maximum atomic E-state index is 11.7. The number of hydrogen-bond donors (Lipinski definition) is 1. The number of hydrogen-bond acceptors (Lipinski definition) is 6. The van der Waals surface area contributed by atoms with Crippen LogP contribution in [0.25, 0.3) is 0 Å². The monoisotopic (exact) mass is 332 g/mol. The Morgan fingerprint density at radius 3 is 2.62 bits per heavy atom. The Hall–Kier alpha value is -2.10. The molecule has 0 saturated carbocycles. The second-order valence-electron chi connectivity index (χ2n) is 5.93. The lowest BCUT2D eigenvalue weighted by Gasteiger charge is -2.32. The molecule has 1 heterocycles. The molecule has 1 atom stereocenters. The molecule has 2 rings (SSSR count). The van der Waals surface area contributed by atoms with Crippen molar-refractivity contribution in [3.05, 3.63) is 29.8 Å². The third kappa shape index (κ3) is 5.52. The number of aliphatic hydroxyl groups is 1. The van der Waals surface area contributed by atoms with E-state index in [-0.39, 0.29) is 18.5 Å². The number of ether oxygens (including phenoxy) is 2. The van der Waals surface area contributed by atoms with Crippen molar-refractivity contribution in [3.8, 4) is 11.8 Å². The van der Waals surface area contributed by atoms with Crippen LogP contribution in [-0.4, -0.2) is 54.9 Å². The number of aliphatic hydroxyl groups excluding tert-OH is 1. The lowest BCUT2D eigenvalue weighted by atomic mass is 9.97. The molecule has 0 bridgehead atoms. The highest BCUT2D eigenvalue weighted by Crippen LogP contribution is 2.19. The molecule has 0 radical (unpaired) electrons. The fourth-order valence-electron chi connectivity index (χ4n) is 2.78. The van der Waals surface area contributed by atoms with Gasteiger partial charge in [0.15, 0.2) is 0 Å². The molecule has 1 aliphatic heterocycles. The lowest BCUT2D eigenvalue weighted by molar-refractivity contribution is -0.149. The molecule has 1 aromatic rings. The Bertz CT molecular complexity index is 559. The molecule has 24 heavy (non-hydrogen) atoms. The number of rotatable bonds is 7. The van der Waals surface area contributed by atoms with Crippen molar-refractivity contribution in [1.29, 1.82) is 5.26 Å². The third-order valence-electron chi connectivity index (χ3n) is 4.10. The number of esters is 1. The highest BCUT2D eigenvalue weighted by atomic mass is 16.5. The second kappa shape index (κ2) is 9.26. The zero-order valence-electron chi connectivity index (χ0n) is 14.0. The molecule has 0 aliphatic carbocycles. The van der Waals surface area contributed by atoms with E-state index in [1.807, 2.05) is 13.0 Å². The zero-order valence-corrected chi connectivity index (χ0v) is 14.0. The van der Waals surface area contributed by atoms with E-state index >= 15 is 0 Å². The van der Waals surface area contributed by atoms with Crippen LogP contribution in [0.4, 0.5) is 0 Å². The molecule has 0 unspecified atom stereocenters. The Labute approximate surface area is 142 Å². The molecule has 1 N–H and O–H groups in total. The number of likely N-dealkylation sites (tertiary alicyclic amines) is 1. The quantitative estimate of drug-likeness (QED) is 0.763. The van der Waals surface area contributed by atoms with Crippen molar-refractivity contribution in [1.82, 2.24) is 4.90 Å². The smallest absolute Gasteiger partial charge is 0.309 e. The maximum absolute atomic E-state index is 11.7. The zero-order chi connectivity index (χ0) is 17.4. The maximum Gasteiger partial charge on any atom is 0.309 e. The summed E-state index contributed by atoms with van der Waals surface area (Å²) in [5.74, 6) is 0.504. The van der Waals surface area contributed by atoms with Gasteiger partial charge in [0, 0.05) is 6.54 Å². The Kier molecular flexibility index (Phi) is 7.04. The summed E-state index contributed by atoms with van der Waals surface area (Å²) >= 11 is 0. The molecule has 0 aromatic heterocycles. The number of piperidine rings is 1. The van der Waals surface area contributed by atoms with E-state index in [1.165, 1.54) is 0 Å². The van der Waals surface area contributed by atoms with Crippen LogP contribution < -0.4 is 4.74 Å². The van der Waals surface area contributed by atoms with Gasteiger partial charge in [0.1, 0.15) is 18.5 Å². The van der Waals surface area contributed by atoms with E-state index in [0.717, 1.165) is 25.9 Å². The van der Waals surface area contributed by atoms with Crippen LogP contribution in [0.3, 0.4) is 0 Å². The number of nitrogens with zero attached hydrogens (tertiary/aromatic N) is 2. The van der Waals surface area contributed by atoms with Gasteiger partial charge < -0.3 is 19.5 Å². The normalized spacial score (nSPS) is 17.0. The molecule has 1 aliphatic rings. The van der Waals surface area contributed by atoms with Crippen LogP contribution in [-0.2, 0) is 9.53 Å². The molecule has 6 nitrogen and oxygen atoms in total. The molecule has 1 saturated heterocycles. The van der Waals surface area contributed by atoms with E-state index in [1.54, 1.807) is 24.3 Å². The molecule has 130 valence electrons. The van der Waals surface area contributed by atoms with Crippen LogP contribution in [0, 0.1) is 17.2 Å². The fourth-order valence-corrected chi connectivity index (χ4v) is 2.78. The van der Waals surface area contributed by atoms with Gasteiger partial charge in [-0.2, -0.15) is 5.26 Å². The summed E-state index contributed by atoms with van der Waals surface area (Å²) in [6, 6.07) is 8.85. The van der Waals surface area contributed by atoms with Crippen molar-refractivity contribution in [3.63, 3.8) is 0 Å². The van der Waals surface area contributed by atoms with Gasteiger partial charge in [-0.05, 0) is 57.1 Å². The number of carbonyl (C=O) groups excluding carboxylic acids is 1. The van der Waals surface area contributed by atoms with Crippen molar-refractivity contribution in [2.45, 2.75) is 25.9 Å². The SMILES string of the molecule is CCOC(=O)C1CCN(C[C@H](O)COc2ccc(C#N)cc2)CC1. The van der Waals surface area contributed by atoms with E-state index in [4.69, 9.17) is 14.7 Å². The first-order valence-electron chi connectivity index (χ1n) is 8.32. The molecular weight excluding hydrogens is 308 g/mol. The van der Waals surface area contributed by atoms with Crippen molar-refractivity contribution >= 4 is 5.97 Å². The molecule has 0 spiro atoms. The highest BCUT2D eigenvalue weighted by molar-refractivity contribution is 5.72. The van der Waals surface area contributed by atoms with Gasteiger partial charge in [0.05, 0.1) is 24.2 Å². The molecule has 1 aromatic carbocycles. The van der Waals surface area contributed by atoms with Crippen LogP contribution >= 0.6 is 0 Å². The van der Waals surface area contributed by atoms with E-state index in [9.17, 15) is 9.90 Å². The average Bonchev–Trinajstić information content (AvgIpc) is 2.61. The first kappa shape index (κ1) is 18.2. The number of nitriles is 1. The van der Waals surface area contributed by atoms with Crippen molar-refractivity contribution in [2.24, 2.45) is 5.92 Å². The largest absolute Gasteiger partial charge is 0.491 e. The van der Waals surface area contributed by atoms with Crippen molar-refractivity contribution < 1.29 is 19.4 Å². The van der Waals surface area contributed by atoms with Gasteiger partial charge in [0.25, 0.3) is 0 Å². The van der Waals surface area contributed by atoms with Crippen LogP contribution in [0.15, 0.2) is 24.3 Å². The molecule has 0 amide bonds. The Balaban J connectivity index is 1.68. The van der Waals surface area contributed by atoms with E-state index in [0.29, 0.717) is 24.5 Å². The average molecular weight is 332 g/mol. The summed E-state index contributed by atoms with van der Waals surface area (Å²) in [6.07, 6.45) is 0.934. The van der Waals surface area contributed by atoms with Crippen LogP contribution in [0.5, 0.6) is 5.75 Å². The predicted octanol–water partition coefficient (Wildman–Crippen LogP) is 1.57. The molecular formula is C18H24N2O4.